The molecule has 3 rings (SSSR count). The lowest BCUT2D eigenvalue weighted by Crippen LogP contribution is -2.29. The van der Waals surface area contributed by atoms with Crippen LogP contribution in [0, 0.1) is 5.82 Å². The number of aliphatic hydroxyl groups is 1. The Kier molecular flexibility index (Phi) is 5.22. The first kappa shape index (κ1) is 16.6. The molecule has 1 aliphatic heterocycles. The van der Waals surface area contributed by atoms with Gasteiger partial charge in [-0.3, -0.25) is 4.79 Å². The average Bonchev–Trinajstić information content (AvgIpc) is 3.11. The van der Waals surface area contributed by atoms with Crippen molar-refractivity contribution in [1.29, 1.82) is 0 Å². The fourth-order valence-corrected chi connectivity index (χ4v) is 2.89. The summed E-state index contributed by atoms with van der Waals surface area (Å²) in [4.78, 5) is 19.5. The summed E-state index contributed by atoms with van der Waals surface area (Å²) in [5.74, 6) is 0.292. The average molecular weight is 332 g/mol. The van der Waals surface area contributed by atoms with E-state index in [0.29, 0.717) is 11.6 Å². The zero-order valence-corrected chi connectivity index (χ0v) is 13.3. The number of hydrogen-bond acceptors (Lipinski definition) is 4. The number of benzene rings is 1. The second kappa shape index (κ2) is 7.55. The number of hydrogen-bond donors (Lipinski definition) is 4. The van der Waals surface area contributed by atoms with Crippen LogP contribution in [0.3, 0.4) is 0 Å². The Morgan fingerprint density at radius 2 is 2.12 bits per heavy atom. The highest BCUT2D eigenvalue weighted by Crippen LogP contribution is 2.22. The molecule has 6 nitrogen and oxygen atoms in total. The van der Waals surface area contributed by atoms with Crippen LogP contribution in [0.4, 0.5) is 4.39 Å². The van der Waals surface area contributed by atoms with E-state index in [9.17, 15) is 14.3 Å². The Morgan fingerprint density at radius 1 is 1.38 bits per heavy atom. The van der Waals surface area contributed by atoms with Gasteiger partial charge in [0.25, 0.3) is 5.91 Å². The number of imidazole rings is 1. The number of rotatable bonds is 5. The first-order valence-electron chi connectivity index (χ1n) is 8.11. The Labute approximate surface area is 139 Å². The van der Waals surface area contributed by atoms with Gasteiger partial charge in [0.05, 0.1) is 12.3 Å². The number of aromatic nitrogens is 2. The lowest BCUT2D eigenvalue weighted by atomic mass is 9.98. The summed E-state index contributed by atoms with van der Waals surface area (Å²) < 4.78 is 13.6. The van der Waals surface area contributed by atoms with Crippen LogP contribution in [-0.4, -0.2) is 40.6 Å². The standard InChI is InChI=1S/C17H21FN4O2/c18-13-4-2-1-3-12(13)15(23)10-21-17(24)14-9-20-16(22-14)11-5-7-19-8-6-11/h1-4,9,11,15,19,23H,5-8,10H2,(H,20,22)(H,21,24). The second-order valence-corrected chi connectivity index (χ2v) is 5.95. The molecule has 0 radical (unpaired) electrons. The van der Waals surface area contributed by atoms with Gasteiger partial charge in [-0.1, -0.05) is 18.2 Å². The first-order chi connectivity index (χ1) is 11.6. The molecule has 0 spiro atoms. The van der Waals surface area contributed by atoms with Gasteiger partial charge in [-0.25, -0.2) is 9.37 Å². The topological polar surface area (TPSA) is 90.0 Å². The molecular formula is C17H21FN4O2. The lowest BCUT2D eigenvalue weighted by Gasteiger charge is -2.20. The van der Waals surface area contributed by atoms with Gasteiger partial charge in [-0.05, 0) is 32.0 Å². The van der Waals surface area contributed by atoms with Crippen molar-refractivity contribution < 1.29 is 14.3 Å². The van der Waals surface area contributed by atoms with Crippen LogP contribution in [0.2, 0.25) is 0 Å². The summed E-state index contributed by atoms with van der Waals surface area (Å²) >= 11 is 0. The van der Waals surface area contributed by atoms with Crippen molar-refractivity contribution >= 4 is 5.91 Å². The summed E-state index contributed by atoms with van der Waals surface area (Å²) in [6, 6.07) is 5.97. The van der Waals surface area contributed by atoms with Gasteiger partial charge in [-0.15, -0.1) is 0 Å². The van der Waals surface area contributed by atoms with E-state index in [1.54, 1.807) is 12.1 Å². The number of H-pyrrole nitrogens is 1. The van der Waals surface area contributed by atoms with E-state index < -0.39 is 11.9 Å². The van der Waals surface area contributed by atoms with Crippen LogP contribution in [-0.2, 0) is 0 Å². The van der Waals surface area contributed by atoms with Gasteiger partial charge < -0.3 is 20.7 Å². The summed E-state index contributed by atoms with van der Waals surface area (Å²) in [5, 5.41) is 15.9. The minimum absolute atomic E-state index is 0.0680. The molecule has 24 heavy (non-hydrogen) atoms. The van der Waals surface area contributed by atoms with E-state index in [0.717, 1.165) is 31.8 Å². The molecule has 1 aromatic heterocycles. The van der Waals surface area contributed by atoms with Gasteiger partial charge in [-0.2, -0.15) is 0 Å². The van der Waals surface area contributed by atoms with Gasteiger partial charge in [0.1, 0.15) is 17.3 Å². The molecule has 7 heteroatoms. The number of carbonyl (C=O) groups excluding carboxylic acids is 1. The Balaban J connectivity index is 1.57. The number of aliphatic hydroxyl groups excluding tert-OH is 1. The first-order valence-corrected chi connectivity index (χ1v) is 8.11. The molecule has 0 bridgehead atoms. The van der Waals surface area contributed by atoms with E-state index in [1.165, 1.54) is 18.3 Å². The summed E-state index contributed by atoms with van der Waals surface area (Å²) in [7, 11) is 0. The van der Waals surface area contributed by atoms with E-state index in [2.05, 4.69) is 20.6 Å². The van der Waals surface area contributed by atoms with E-state index in [1.807, 2.05) is 0 Å². The molecule has 1 atom stereocenters. The van der Waals surface area contributed by atoms with Crippen molar-refractivity contribution in [2.45, 2.75) is 24.9 Å². The monoisotopic (exact) mass is 332 g/mol. The SMILES string of the molecule is O=C(NCC(O)c1ccccc1F)c1cnc(C2CCNCC2)[nH]1. The maximum Gasteiger partial charge on any atom is 0.269 e. The van der Waals surface area contributed by atoms with Gasteiger partial charge in [0, 0.05) is 18.0 Å². The number of amides is 1. The van der Waals surface area contributed by atoms with Crippen molar-refractivity contribution in [3.05, 3.63) is 53.4 Å². The minimum Gasteiger partial charge on any atom is -0.386 e. The normalized spacial score (nSPS) is 16.8. The third-order valence-corrected chi connectivity index (χ3v) is 4.29. The number of halogens is 1. The van der Waals surface area contributed by atoms with Crippen LogP contribution in [0.5, 0.6) is 0 Å². The predicted molar refractivity (Wildman–Crippen MR) is 87.1 cm³/mol. The number of nitrogens with one attached hydrogen (secondary N) is 3. The zero-order valence-electron chi connectivity index (χ0n) is 13.3. The van der Waals surface area contributed by atoms with Crippen LogP contribution in [0.1, 0.15) is 46.7 Å². The molecule has 4 N–H and O–H groups in total. The van der Waals surface area contributed by atoms with E-state index >= 15 is 0 Å². The largest absolute Gasteiger partial charge is 0.386 e. The third-order valence-electron chi connectivity index (χ3n) is 4.29. The Bertz CT molecular complexity index is 697. The predicted octanol–water partition coefficient (Wildman–Crippen LogP) is 1.48. The van der Waals surface area contributed by atoms with Crippen molar-refractivity contribution in [2.24, 2.45) is 0 Å². The lowest BCUT2D eigenvalue weighted by molar-refractivity contribution is 0.0909. The highest BCUT2D eigenvalue weighted by atomic mass is 19.1. The fraction of sp³-hybridized carbons (Fsp3) is 0.412. The minimum atomic E-state index is -1.10. The van der Waals surface area contributed by atoms with Crippen molar-refractivity contribution in [2.75, 3.05) is 19.6 Å². The Morgan fingerprint density at radius 3 is 2.88 bits per heavy atom. The summed E-state index contributed by atoms with van der Waals surface area (Å²) in [6.07, 6.45) is 2.38. The van der Waals surface area contributed by atoms with Crippen LogP contribution in [0.25, 0.3) is 0 Å². The molecular weight excluding hydrogens is 311 g/mol. The number of carbonyl (C=O) groups is 1. The fourth-order valence-electron chi connectivity index (χ4n) is 2.89. The maximum atomic E-state index is 13.6. The van der Waals surface area contributed by atoms with Crippen molar-refractivity contribution in [1.82, 2.24) is 20.6 Å². The van der Waals surface area contributed by atoms with Crippen molar-refractivity contribution in [3.63, 3.8) is 0 Å². The Hall–Kier alpha value is -2.25. The molecule has 1 aliphatic rings. The van der Waals surface area contributed by atoms with Crippen LogP contribution >= 0.6 is 0 Å². The third kappa shape index (κ3) is 3.80. The quantitative estimate of drug-likeness (QED) is 0.668. The maximum absolute atomic E-state index is 13.6. The number of aromatic amines is 1. The molecule has 1 aromatic carbocycles. The van der Waals surface area contributed by atoms with Crippen LogP contribution < -0.4 is 10.6 Å². The van der Waals surface area contributed by atoms with E-state index in [4.69, 9.17) is 0 Å². The van der Waals surface area contributed by atoms with Crippen molar-refractivity contribution in [3.8, 4) is 0 Å². The molecule has 2 aromatic rings. The molecule has 2 heterocycles. The molecule has 1 fully saturated rings. The number of piperidine rings is 1. The summed E-state index contributed by atoms with van der Waals surface area (Å²) in [5.41, 5.74) is 0.516. The molecule has 0 aliphatic carbocycles. The van der Waals surface area contributed by atoms with E-state index in [-0.39, 0.29) is 18.0 Å². The molecule has 1 unspecified atom stereocenters. The highest BCUT2D eigenvalue weighted by Gasteiger charge is 2.20. The molecule has 0 saturated carbocycles. The van der Waals surface area contributed by atoms with Crippen LogP contribution in [0.15, 0.2) is 30.5 Å². The number of nitrogens with zero attached hydrogens (tertiary/aromatic N) is 1. The van der Waals surface area contributed by atoms with Gasteiger partial charge >= 0.3 is 0 Å². The zero-order chi connectivity index (χ0) is 16.9. The smallest absolute Gasteiger partial charge is 0.269 e. The summed E-state index contributed by atoms with van der Waals surface area (Å²) in [6.45, 7) is 1.82. The van der Waals surface area contributed by atoms with Gasteiger partial charge in [0.2, 0.25) is 0 Å². The van der Waals surface area contributed by atoms with Gasteiger partial charge in [0.15, 0.2) is 0 Å². The highest BCUT2D eigenvalue weighted by molar-refractivity contribution is 5.92. The molecule has 128 valence electrons. The molecule has 1 amide bonds. The second-order valence-electron chi connectivity index (χ2n) is 5.95. The molecule has 1 saturated heterocycles.